The first-order valence-corrected chi connectivity index (χ1v) is 8.25. The molecule has 1 aromatic heterocycles. The lowest BCUT2D eigenvalue weighted by atomic mass is 10.2. The van der Waals surface area contributed by atoms with Gasteiger partial charge in [0, 0.05) is 24.2 Å². The second-order valence-electron chi connectivity index (χ2n) is 4.98. The minimum Gasteiger partial charge on any atom is -0.494 e. The number of benzene rings is 1. The van der Waals surface area contributed by atoms with E-state index in [0.717, 1.165) is 31.0 Å². The van der Waals surface area contributed by atoms with Crippen LogP contribution in [-0.4, -0.2) is 11.6 Å². The summed E-state index contributed by atoms with van der Waals surface area (Å²) in [5, 5.41) is 5.16. The third-order valence-corrected chi connectivity index (χ3v) is 3.87. The molecule has 2 rings (SSSR count). The number of nitrogens with one attached hydrogen (secondary N) is 2. The van der Waals surface area contributed by atoms with Crippen molar-refractivity contribution >= 4 is 11.3 Å². The highest BCUT2D eigenvalue weighted by atomic mass is 32.1. The fourth-order valence-electron chi connectivity index (χ4n) is 1.99. The Labute approximate surface area is 129 Å². The number of ether oxygens (including phenoxy) is 1. The van der Waals surface area contributed by atoms with Gasteiger partial charge >= 0.3 is 4.87 Å². The molecule has 5 heteroatoms. The van der Waals surface area contributed by atoms with E-state index < -0.39 is 0 Å². The SMILES string of the molecule is CCCCCOc1ccc(CNCc2csc(=O)[nH]2)cc1. The van der Waals surface area contributed by atoms with Gasteiger partial charge in [-0.15, -0.1) is 0 Å². The first kappa shape index (κ1) is 15.8. The van der Waals surface area contributed by atoms with Crippen LogP contribution in [0.2, 0.25) is 0 Å². The summed E-state index contributed by atoms with van der Waals surface area (Å²) in [5.41, 5.74) is 2.13. The molecule has 2 N–H and O–H groups in total. The Morgan fingerprint density at radius 3 is 2.67 bits per heavy atom. The third kappa shape index (κ3) is 5.73. The lowest BCUT2D eigenvalue weighted by molar-refractivity contribution is 0.306. The van der Waals surface area contributed by atoms with E-state index in [1.807, 2.05) is 17.5 Å². The van der Waals surface area contributed by atoms with Crippen LogP contribution in [0.4, 0.5) is 0 Å². The Morgan fingerprint density at radius 2 is 2.00 bits per heavy atom. The molecule has 0 aliphatic rings. The number of unbranched alkanes of at least 4 members (excludes halogenated alkanes) is 2. The van der Waals surface area contributed by atoms with Crippen molar-refractivity contribution in [2.45, 2.75) is 39.3 Å². The molecule has 0 unspecified atom stereocenters. The van der Waals surface area contributed by atoms with Crippen LogP contribution in [0.3, 0.4) is 0 Å². The molecule has 0 spiro atoms. The van der Waals surface area contributed by atoms with Crippen molar-refractivity contribution < 1.29 is 4.74 Å². The van der Waals surface area contributed by atoms with Crippen molar-refractivity contribution in [3.05, 3.63) is 50.6 Å². The van der Waals surface area contributed by atoms with Gasteiger partial charge < -0.3 is 15.0 Å². The summed E-state index contributed by atoms with van der Waals surface area (Å²) in [6, 6.07) is 8.15. The Kier molecular flexibility index (Phi) is 6.50. The lowest BCUT2D eigenvalue weighted by Gasteiger charge is -2.07. The van der Waals surface area contributed by atoms with Crippen LogP contribution in [0.15, 0.2) is 34.4 Å². The lowest BCUT2D eigenvalue weighted by Crippen LogP contribution is -2.13. The molecule has 0 aliphatic carbocycles. The van der Waals surface area contributed by atoms with Gasteiger partial charge in [-0.3, -0.25) is 4.79 Å². The Balaban J connectivity index is 1.70. The van der Waals surface area contributed by atoms with Crippen LogP contribution < -0.4 is 14.9 Å². The van der Waals surface area contributed by atoms with Crippen LogP contribution >= 0.6 is 11.3 Å². The summed E-state index contributed by atoms with van der Waals surface area (Å²) in [6.07, 6.45) is 3.54. The van der Waals surface area contributed by atoms with Crippen LogP contribution in [0.5, 0.6) is 5.75 Å². The number of hydrogen-bond acceptors (Lipinski definition) is 4. The zero-order chi connectivity index (χ0) is 14.9. The Morgan fingerprint density at radius 1 is 1.19 bits per heavy atom. The summed E-state index contributed by atoms with van der Waals surface area (Å²) in [5.74, 6) is 0.928. The maximum atomic E-state index is 11.0. The van der Waals surface area contributed by atoms with Crippen LogP contribution in [-0.2, 0) is 13.1 Å². The predicted octanol–water partition coefficient (Wildman–Crippen LogP) is 3.30. The van der Waals surface area contributed by atoms with E-state index in [2.05, 4.69) is 29.4 Å². The monoisotopic (exact) mass is 306 g/mol. The first-order valence-electron chi connectivity index (χ1n) is 7.37. The van der Waals surface area contributed by atoms with Crippen molar-refractivity contribution in [2.24, 2.45) is 0 Å². The molecule has 0 amide bonds. The highest BCUT2D eigenvalue weighted by Gasteiger charge is 1.98. The minimum atomic E-state index is -0.00336. The molecule has 0 radical (unpaired) electrons. The standard InChI is InChI=1S/C16H22N2O2S/c1-2-3-4-9-20-15-7-5-13(6-8-15)10-17-11-14-12-21-16(19)18-14/h5-8,12,17H,2-4,9-11H2,1H3,(H,18,19). The molecule has 1 aromatic carbocycles. The van der Waals surface area contributed by atoms with Gasteiger partial charge in [0.25, 0.3) is 0 Å². The Bertz CT molecular complexity index is 574. The van der Waals surface area contributed by atoms with Gasteiger partial charge in [-0.25, -0.2) is 0 Å². The zero-order valence-corrected chi connectivity index (χ0v) is 13.2. The molecule has 2 aromatic rings. The normalized spacial score (nSPS) is 10.7. The first-order chi connectivity index (χ1) is 10.3. The van der Waals surface area contributed by atoms with E-state index >= 15 is 0 Å². The van der Waals surface area contributed by atoms with Crippen LogP contribution in [0, 0.1) is 0 Å². The molecule has 21 heavy (non-hydrogen) atoms. The van der Waals surface area contributed by atoms with Gasteiger partial charge in [-0.2, -0.15) is 0 Å². The van der Waals surface area contributed by atoms with Crippen molar-refractivity contribution in [1.82, 2.24) is 10.3 Å². The zero-order valence-electron chi connectivity index (χ0n) is 12.4. The molecule has 0 aliphatic heterocycles. The summed E-state index contributed by atoms with van der Waals surface area (Å²) < 4.78 is 5.68. The summed E-state index contributed by atoms with van der Waals surface area (Å²) in [4.78, 5) is 13.8. The van der Waals surface area contributed by atoms with E-state index in [0.29, 0.717) is 6.54 Å². The number of hydrogen-bond donors (Lipinski definition) is 2. The van der Waals surface area contributed by atoms with E-state index in [9.17, 15) is 4.79 Å². The van der Waals surface area contributed by atoms with Gasteiger partial charge in [0.15, 0.2) is 0 Å². The van der Waals surface area contributed by atoms with Gasteiger partial charge in [-0.05, 0) is 24.1 Å². The predicted molar refractivity (Wildman–Crippen MR) is 86.9 cm³/mol. The smallest absolute Gasteiger partial charge is 0.304 e. The molecule has 0 fully saturated rings. The van der Waals surface area contributed by atoms with Crippen molar-refractivity contribution in [3.8, 4) is 5.75 Å². The van der Waals surface area contributed by atoms with Gasteiger partial charge in [0.05, 0.1) is 6.61 Å². The van der Waals surface area contributed by atoms with Gasteiger partial charge in [-0.1, -0.05) is 43.2 Å². The average molecular weight is 306 g/mol. The topological polar surface area (TPSA) is 54.1 Å². The van der Waals surface area contributed by atoms with E-state index in [1.165, 1.54) is 29.7 Å². The fraction of sp³-hybridized carbons (Fsp3) is 0.438. The van der Waals surface area contributed by atoms with Crippen molar-refractivity contribution in [3.63, 3.8) is 0 Å². The highest BCUT2D eigenvalue weighted by molar-refractivity contribution is 7.07. The summed E-state index contributed by atoms with van der Waals surface area (Å²) in [7, 11) is 0. The van der Waals surface area contributed by atoms with E-state index in [-0.39, 0.29) is 4.87 Å². The van der Waals surface area contributed by atoms with Crippen molar-refractivity contribution in [2.75, 3.05) is 6.61 Å². The fourth-order valence-corrected chi connectivity index (χ4v) is 2.57. The molecule has 4 nitrogen and oxygen atoms in total. The maximum Gasteiger partial charge on any atom is 0.304 e. The van der Waals surface area contributed by atoms with Crippen molar-refractivity contribution in [1.29, 1.82) is 0 Å². The van der Waals surface area contributed by atoms with Crippen LogP contribution in [0.1, 0.15) is 37.4 Å². The molecule has 0 bridgehead atoms. The minimum absolute atomic E-state index is 0.00336. The number of thiazole rings is 1. The number of aromatic nitrogens is 1. The number of rotatable bonds is 9. The summed E-state index contributed by atoms with van der Waals surface area (Å²) in [6.45, 7) is 4.42. The molecular formula is C16H22N2O2S. The Hall–Kier alpha value is -1.59. The summed E-state index contributed by atoms with van der Waals surface area (Å²) >= 11 is 1.20. The second kappa shape index (κ2) is 8.64. The molecule has 0 atom stereocenters. The quantitative estimate of drug-likeness (QED) is 0.699. The highest BCUT2D eigenvalue weighted by Crippen LogP contribution is 2.13. The average Bonchev–Trinajstić information content (AvgIpc) is 2.91. The van der Waals surface area contributed by atoms with Gasteiger partial charge in [0.2, 0.25) is 0 Å². The third-order valence-electron chi connectivity index (χ3n) is 3.16. The van der Waals surface area contributed by atoms with Crippen LogP contribution in [0.25, 0.3) is 0 Å². The van der Waals surface area contributed by atoms with E-state index in [1.54, 1.807) is 0 Å². The molecular weight excluding hydrogens is 284 g/mol. The molecule has 0 saturated carbocycles. The molecule has 114 valence electrons. The maximum absolute atomic E-state index is 11.0. The number of H-pyrrole nitrogens is 1. The number of aromatic amines is 1. The van der Waals surface area contributed by atoms with E-state index in [4.69, 9.17) is 4.74 Å². The van der Waals surface area contributed by atoms with Gasteiger partial charge in [0.1, 0.15) is 5.75 Å². The largest absolute Gasteiger partial charge is 0.494 e. The molecule has 1 heterocycles. The second-order valence-corrected chi connectivity index (χ2v) is 5.82. The molecule has 0 saturated heterocycles.